The zero-order chi connectivity index (χ0) is 10.5. The molecule has 0 saturated carbocycles. The van der Waals surface area contributed by atoms with Crippen molar-refractivity contribution >= 4 is 17.7 Å². The third-order valence-corrected chi connectivity index (χ3v) is 2.52. The standard InChI is InChI=1S/C9H19NO2S/c1-7(6-13-4)5-10-8(11)9(2,3)12/h7,12H,5-6H2,1-4H3,(H,10,11). The Morgan fingerprint density at radius 2 is 2.15 bits per heavy atom. The third kappa shape index (κ3) is 5.93. The molecule has 0 rings (SSSR count). The summed E-state index contributed by atoms with van der Waals surface area (Å²) >= 11 is 1.76. The smallest absolute Gasteiger partial charge is 0.251 e. The van der Waals surface area contributed by atoms with Crippen LogP contribution < -0.4 is 5.32 Å². The van der Waals surface area contributed by atoms with Gasteiger partial charge in [-0.05, 0) is 31.8 Å². The van der Waals surface area contributed by atoms with E-state index in [2.05, 4.69) is 12.2 Å². The van der Waals surface area contributed by atoms with Gasteiger partial charge in [0.2, 0.25) is 0 Å². The lowest BCUT2D eigenvalue weighted by Gasteiger charge is -2.18. The van der Waals surface area contributed by atoms with Crippen LogP contribution in [0.2, 0.25) is 0 Å². The Morgan fingerprint density at radius 3 is 2.54 bits per heavy atom. The highest BCUT2D eigenvalue weighted by molar-refractivity contribution is 7.98. The summed E-state index contributed by atoms with van der Waals surface area (Å²) in [4.78, 5) is 11.2. The van der Waals surface area contributed by atoms with Crippen LogP contribution in [0, 0.1) is 5.92 Å². The van der Waals surface area contributed by atoms with Gasteiger partial charge in [0, 0.05) is 6.54 Å². The van der Waals surface area contributed by atoms with Crippen molar-refractivity contribution in [2.45, 2.75) is 26.4 Å². The van der Waals surface area contributed by atoms with Crippen LogP contribution in [0.1, 0.15) is 20.8 Å². The van der Waals surface area contributed by atoms with Crippen molar-refractivity contribution in [3.8, 4) is 0 Å². The Kier molecular flexibility index (Phi) is 5.40. The first-order valence-electron chi connectivity index (χ1n) is 4.37. The summed E-state index contributed by atoms with van der Waals surface area (Å²) in [6.45, 7) is 5.67. The maximum atomic E-state index is 11.2. The second-order valence-electron chi connectivity index (χ2n) is 3.83. The van der Waals surface area contributed by atoms with Crippen LogP contribution in [-0.4, -0.2) is 35.2 Å². The average molecular weight is 205 g/mol. The quantitative estimate of drug-likeness (QED) is 0.700. The first kappa shape index (κ1) is 12.8. The molecule has 13 heavy (non-hydrogen) atoms. The minimum absolute atomic E-state index is 0.305. The van der Waals surface area contributed by atoms with E-state index in [0.29, 0.717) is 12.5 Å². The molecule has 2 N–H and O–H groups in total. The molecule has 0 aliphatic rings. The molecule has 0 aliphatic heterocycles. The Hall–Kier alpha value is -0.220. The molecule has 0 spiro atoms. The molecule has 0 aliphatic carbocycles. The van der Waals surface area contributed by atoms with Crippen molar-refractivity contribution in [3.63, 3.8) is 0 Å². The molecular weight excluding hydrogens is 186 g/mol. The predicted octanol–water partition coefficient (Wildman–Crippen LogP) is 0.873. The van der Waals surface area contributed by atoms with Crippen molar-refractivity contribution in [2.75, 3.05) is 18.6 Å². The first-order chi connectivity index (χ1) is 5.88. The summed E-state index contributed by atoms with van der Waals surface area (Å²) in [6.07, 6.45) is 2.04. The van der Waals surface area contributed by atoms with Gasteiger partial charge < -0.3 is 10.4 Å². The van der Waals surface area contributed by atoms with Crippen LogP contribution in [0.4, 0.5) is 0 Å². The van der Waals surface area contributed by atoms with Crippen LogP contribution in [0.5, 0.6) is 0 Å². The van der Waals surface area contributed by atoms with Crippen molar-refractivity contribution in [1.82, 2.24) is 5.32 Å². The highest BCUT2D eigenvalue weighted by atomic mass is 32.2. The van der Waals surface area contributed by atoms with E-state index in [9.17, 15) is 9.90 Å². The van der Waals surface area contributed by atoms with Crippen LogP contribution in [0.15, 0.2) is 0 Å². The maximum absolute atomic E-state index is 11.2. The van der Waals surface area contributed by atoms with Gasteiger partial charge >= 0.3 is 0 Å². The van der Waals surface area contributed by atoms with E-state index >= 15 is 0 Å². The Balaban J connectivity index is 3.71. The SMILES string of the molecule is CSCC(C)CNC(=O)C(C)(C)O. The topological polar surface area (TPSA) is 49.3 Å². The van der Waals surface area contributed by atoms with Crippen molar-refractivity contribution in [1.29, 1.82) is 0 Å². The summed E-state index contributed by atoms with van der Waals surface area (Å²) in [5, 5.41) is 12.0. The first-order valence-corrected chi connectivity index (χ1v) is 5.77. The fraction of sp³-hybridized carbons (Fsp3) is 0.889. The molecule has 0 heterocycles. The molecule has 4 heteroatoms. The molecule has 0 saturated heterocycles. The predicted molar refractivity (Wildman–Crippen MR) is 56.9 cm³/mol. The fourth-order valence-corrected chi connectivity index (χ4v) is 1.51. The van der Waals surface area contributed by atoms with Crippen molar-refractivity contribution in [3.05, 3.63) is 0 Å². The van der Waals surface area contributed by atoms with Crippen LogP contribution in [-0.2, 0) is 4.79 Å². The van der Waals surface area contributed by atoms with E-state index in [1.54, 1.807) is 11.8 Å². The van der Waals surface area contributed by atoms with E-state index in [0.717, 1.165) is 5.75 Å². The van der Waals surface area contributed by atoms with Gasteiger partial charge in [0.15, 0.2) is 0 Å². The molecule has 0 aromatic rings. The zero-order valence-electron chi connectivity index (χ0n) is 8.76. The van der Waals surface area contributed by atoms with Crippen LogP contribution in [0.3, 0.4) is 0 Å². The number of carbonyl (C=O) groups excluding carboxylic acids is 1. The molecule has 0 fully saturated rings. The molecule has 1 unspecified atom stereocenters. The number of hydrogen-bond donors (Lipinski definition) is 2. The maximum Gasteiger partial charge on any atom is 0.251 e. The van der Waals surface area contributed by atoms with E-state index in [1.165, 1.54) is 13.8 Å². The fourth-order valence-electron chi connectivity index (χ4n) is 0.827. The lowest BCUT2D eigenvalue weighted by atomic mass is 10.1. The van der Waals surface area contributed by atoms with Gasteiger partial charge in [0.05, 0.1) is 0 Å². The number of amides is 1. The summed E-state index contributed by atoms with van der Waals surface area (Å²) < 4.78 is 0. The Bertz CT molecular complexity index is 165. The molecule has 3 nitrogen and oxygen atoms in total. The number of hydrogen-bond acceptors (Lipinski definition) is 3. The molecule has 0 radical (unpaired) electrons. The molecule has 1 amide bonds. The van der Waals surface area contributed by atoms with Gasteiger partial charge in [-0.1, -0.05) is 6.92 Å². The largest absolute Gasteiger partial charge is 0.381 e. The lowest BCUT2D eigenvalue weighted by molar-refractivity contribution is -0.136. The average Bonchev–Trinajstić information content (AvgIpc) is 1.99. The van der Waals surface area contributed by atoms with E-state index in [1.807, 2.05) is 6.26 Å². The molecule has 78 valence electrons. The van der Waals surface area contributed by atoms with Gasteiger partial charge in [-0.3, -0.25) is 4.79 Å². The van der Waals surface area contributed by atoms with Gasteiger partial charge in [-0.25, -0.2) is 0 Å². The second kappa shape index (κ2) is 5.50. The van der Waals surface area contributed by atoms with Gasteiger partial charge in [-0.15, -0.1) is 0 Å². The lowest BCUT2D eigenvalue weighted by Crippen LogP contribution is -2.43. The van der Waals surface area contributed by atoms with Crippen molar-refractivity contribution in [2.24, 2.45) is 5.92 Å². The van der Waals surface area contributed by atoms with Gasteiger partial charge in [0.1, 0.15) is 5.60 Å². The number of thioether (sulfide) groups is 1. The molecule has 0 aromatic heterocycles. The van der Waals surface area contributed by atoms with Crippen LogP contribution in [0.25, 0.3) is 0 Å². The highest BCUT2D eigenvalue weighted by Crippen LogP contribution is 2.04. The van der Waals surface area contributed by atoms with E-state index in [-0.39, 0.29) is 5.91 Å². The molecule has 1 atom stereocenters. The third-order valence-electron chi connectivity index (χ3n) is 1.62. The van der Waals surface area contributed by atoms with E-state index < -0.39 is 5.60 Å². The Labute approximate surface area is 84.3 Å². The van der Waals surface area contributed by atoms with E-state index in [4.69, 9.17) is 0 Å². The second-order valence-corrected chi connectivity index (χ2v) is 4.74. The van der Waals surface area contributed by atoms with Crippen molar-refractivity contribution < 1.29 is 9.90 Å². The Morgan fingerprint density at radius 1 is 1.62 bits per heavy atom. The van der Waals surface area contributed by atoms with Gasteiger partial charge in [-0.2, -0.15) is 11.8 Å². The molecule has 0 bridgehead atoms. The van der Waals surface area contributed by atoms with Gasteiger partial charge in [0.25, 0.3) is 5.91 Å². The zero-order valence-corrected chi connectivity index (χ0v) is 9.57. The number of carbonyl (C=O) groups is 1. The summed E-state index contributed by atoms with van der Waals surface area (Å²) in [6, 6.07) is 0. The van der Waals surface area contributed by atoms with Crippen LogP contribution >= 0.6 is 11.8 Å². The molecule has 0 aromatic carbocycles. The summed E-state index contributed by atoms with van der Waals surface area (Å²) in [5.41, 5.74) is -1.26. The number of nitrogens with one attached hydrogen (secondary N) is 1. The minimum atomic E-state index is -1.26. The normalized spacial score (nSPS) is 13.9. The molecular formula is C9H19NO2S. The highest BCUT2D eigenvalue weighted by Gasteiger charge is 2.23. The number of rotatable bonds is 5. The summed E-state index contributed by atoms with van der Waals surface area (Å²) in [5.74, 6) is 1.16. The number of aliphatic hydroxyl groups is 1. The summed E-state index contributed by atoms with van der Waals surface area (Å²) in [7, 11) is 0. The monoisotopic (exact) mass is 205 g/mol. The minimum Gasteiger partial charge on any atom is -0.381 e.